The van der Waals surface area contributed by atoms with Crippen LogP contribution in [0.5, 0.6) is 11.6 Å². The molecule has 2 rings (SSSR count). The first-order valence-electron chi connectivity index (χ1n) is 5.58. The topological polar surface area (TPSA) is 84.7 Å². The van der Waals surface area contributed by atoms with E-state index < -0.39 is 7.12 Å². The Morgan fingerprint density at radius 2 is 1.68 bits per heavy atom. The van der Waals surface area contributed by atoms with Gasteiger partial charge in [0.15, 0.2) is 0 Å². The standard InChI is InChI=1S/C12H13BN2O4/c1-18-9-5-3-8(4-6-9)11-7-10(13(16)17)12(19-2)15-14-11/h3-7,16-17H,1-2H3. The number of aromatic nitrogens is 2. The van der Waals surface area contributed by atoms with Crippen LogP contribution in [0.4, 0.5) is 0 Å². The van der Waals surface area contributed by atoms with Gasteiger partial charge in [0.1, 0.15) is 5.75 Å². The van der Waals surface area contributed by atoms with Gasteiger partial charge in [-0.2, -0.15) is 0 Å². The molecule has 0 spiro atoms. The van der Waals surface area contributed by atoms with Gasteiger partial charge in [-0.1, -0.05) is 0 Å². The second-order valence-electron chi connectivity index (χ2n) is 3.80. The Hall–Kier alpha value is -2.12. The number of ether oxygens (including phenoxy) is 2. The van der Waals surface area contributed by atoms with Crippen LogP contribution in [0, 0.1) is 0 Å². The summed E-state index contributed by atoms with van der Waals surface area (Å²) >= 11 is 0. The van der Waals surface area contributed by atoms with Crippen molar-refractivity contribution >= 4 is 12.6 Å². The smallest absolute Gasteiger partial charge is 0.494 e. The lowest BCUT2D eigenvalue weighted by atomic mass is 9.80. The van der Waals surface area contributed by atoms with Crippen molar-refractivity contribution in [3.63, 3.8) is 0 Å². The molecule has 0 bridgehead atoms. The quantitative estimate of drug-likeness (QED) is 0.743. The molecule has 1 aromatic heterocycles. The van der Waals surface area contributed by atoms with E-state index in [1.807, 2.05) is 12.1 Å². The molecule has 0 unspecified atom stereocenters. The molecule has 0 saturated carbocycles. The third-order valence-electron chi connectivity index (χ3n) is 2.65. The van der Waals surface area contributed by atoms with Crippen molar-refractivity contribution in [2.24, 2.45) is 0 Å². The number of nitrogens with zero attached hydrogens (tertiary/aromatic N) is 2. The van der Waals surface area contributed by atoms with E-state index in [9.17, 15) is 10.0 Å². The average molecular weight is 260 g/mol. The Bertz CT molecular complexity index is 560. The fourth-order valence-corrected chi connectivity index (χ4v) is 1.64. The Kier molecular flexibility index (Phi) is 3.98. The Morgan fingerprint density at radius 3 is 2.21 bits per heavy atom. The van der Waals surface area contributed by atoms with Gasteiger partial charge in [0.25, 0.3) is 0 Å². The SMILES string of the molecule is COc1ccc(-c2cc(B(O)O)c(OC)nn2)cc1. The fourth-order valence-electron chi connectivity index (χ4n) is 1.64. The van der Waals surface area contributed by atoms with E-state index in [0.717, 1.165) is 11.3 Å². The summed E-state index contributed by atoms with van der Waals surface area (Å²) < 4.78 is 9.99. The van der Waals surface area contributed by atoms with E-state index in [1.165, 1.54) is 13.2 Å². The highest BCUT2D eigenvalue weighted by atomic mass is 16.5. The largest absolute Gasteiger partial charge is 0.497 e. The number of rotatable bonds is 4. The summed E-state index contributed by atoms with van der Waals surface area (Å²) in [5, 5.41) is 26.3. The van der Waals surface area contributed by atoms with Gasteiger partial charge in [-0.3, -0.25) is 0 Å². The van der Waals surface area contributed by atoms with Crippen molar-refractivity contribution < 1.29 is 19.5 Å². The number of hydrogen-bond acceptors (Lipinski definition) is 6. The zero-order valence-corrected chi connectivity index (χ0v) is 10.6. The van der Waals surface area contributed by atoms with Crippen molar-refractivity contribution in [1.29, 1.82) is 0 Å². The van der Waals surface area contributed by atoms with E-state index in [2.05, 4.69) is 10.2 Å². The van der Waals surface area contributed by atoms with Gasteiger partial charge in [-0.25, -0.2) is 0 Å². The van der Waals surface area contributed by atoms with E-state index in [1.54, 1.807) is 19.2 Å². The third-order valence-corrected chi connectivity index (χ3v) is 2.65. The third kappa shape index (κ3) is 2.83. The Morgan fingerprint density at radius 1 is 1.00 bits per heavy atom. The molecule has 2 aromatic rings. The molecule has 0 atom stereocenters. The summed E-state index contributed by atoms with van der Waals surface area (Å²) in [6, 6.07) is 8.72. The fraction of sp³-hybridized carbons (Fsp3) is 0.167. The first-order chi connectivity index (χ1) is 9.15. The molecule has 0 aliphatic heterocycles. The predicted molar refractivity (Wildman–Crippen MR) is 70.4 cm³/mol. The first-order valence-corrected chi connectivity index (χ1v) is 5.58. The maximum atomic E-state index is 9.28. The van der Waals surface area contributed by atoms with Crippen LogP contribution < -0.4 is 14.9 Å². The highest BCUT2D eigenvalue weighted by Gasteiger charge is 2.20. The van der Waals surface area contributed by atoms with Gasteiger partial charge >= 0.3 is 7.12 Å². The minimum absolute atomic E-state index is 0.0901. The lowest BCUT2D eigenvalue weighted by molar-refractivity contribution is 0.386. The van der Waals surface area contributed by atoms with Crippen LogP contribution in [0.2, 0.25) is 0 Å². The summed E-state index contributed by atoms with van der Waals surface area (Å²) in [7, 11) is 1.31. The van der Waals surface area contributed by atoms with E-state index >= 15 is 0 Å². The Balaban J connectivity index is 2.41. The van der Waals surface area contributed by atoms with Gasteiger partial charge in [-0.15, -0.1) is 10.2 Å². The lowest BCUT2D eigenvalue weighted by Crippen LogP contribution is -2.32. The molecule has 6 nitrogen and oxygen atoms in total. The van der Waals surface area contributed by atoms with Crippen LogP contribution in [0.1, 0.15) is 0 Å². The normalized spacial score (nSPS) is 10.1. The minimum Gasteiger partial charge on any atom is -0.497 e. The monoisotopic (exact) mass is 260 g/mol. The molecule has 1 aromatic carbocycles. The average Bonchev–Trinajstić information content (AvgIpc) is 2.46. The lowest BCUT2D eigenvalue weighted by Gasteiger charge is -2.08. The van der Waals surface area contributed by atoms with Crippen LogP contribution in [-0.4, -0.2) is 41.6 Å². The highest BCUT2D eigenvalue weighted by Crippen LogP contribution is 2.20. The second-order valence-corrected chi connectivity index (χ2v) is 3.80. The molecule has 0 amide bonds. The van der Waals surface area contributed by atoms with Crippen LogP contribution in [-0.2, 0) is 0 Å². The molecule has 0 aliphatic carbocycles. The summed E-state index contributed by atoms with van der Waals surface area (Å²) in [5.41, 5.74) is 1.48. The zero-order chi connectivity index (χ0) is 13.8. The van der Waals surface area contributed by atoms with E-state index in [0.29, 0.717) is 5.69 Å². The van der Waals surface area contributed by atoms with Crippen molar-refractivity contribution in [1.82, 2.24) is 10.2 Å². The van der Waals surface area contributed by atoms with Crippen LogP contribution in [0.3, 0.4) is 0 Å². The van der Waals surface area contributed by atoms with Crippen molar-refractivity contribution in [3.05, 3.63) is 30.3 Å². The Labute approximate surface area is 110 Å². The molecule has 19 heavy (non-hydrogen) atoms. The van der Waals surface area contributed by atoms with Gasteiger partial charge in [0.2, 0.25) is 5.88 Å². The molecule has 0 radical (unpaired) electrons. The van der Waals surface area contributed by atoms with Crippen LogP contribution in [0.15, 0.2) is 30.3 Å². The minimum atomic E-state index is -1.66. The highest BCUT2D eigenvalue weighted by molar-refractivity contribution is 6.59. The maximum absolute atomic E-state index is 9.28. The molecule has 2 N–H and O–H groups in total. The summed E-state index contributed by atoms with van der Waals surface area (Å²) in [5.74, 6) is 0.819. The molecule has 1 heterocycles. The number of hydrogen-bond donors (Lipinski definition) is 2. The van der Waals surface area contributed by atoms with Gasteiger partial charge < -0.3 is 19.5 Å². The van der Waals surface area contributed by atoms with Crippen molar-refractivity contribution in [3.8, 4) is 22.9 Å². The van der Waals surface area contributed by atoms with E-state index in [-0.39, 0.29) is 11.3 Å². The molecule has 0 fully saturated rings. The molecular formula is C12H13BN2O4. The summed E-state index contributed by atoms with van der Waals surface area (Å²) in [4.78, 5) is 0. The number of benzene rings is 1. The van der Waals surface area contributed by atoms with Crippen molar-refractivity contribution in [2.75, 3.05) is 14.2 Å². The first kappa shape index (κ1) is 13.3. The summed E-state index contributed by atoms with van der Waals surface area (Å²) in [6.07, 6.45) is 0. The molecular weight excluding hydrogens is 247 g/mol. The van der Waals surface area contributed by atoms with Crippen LogP contribution >= 0.6 is 0 Å². The van der Waals surface area contributed by atoms with Gasteiger partial charge in [0.05, 0.1) is 19.9 Å². The van der Waals surface area contributed by atoms with E-state index in [4.69, 9.17) is 9.47 Å². The zero-order valence-electron chi connectivity index (χ0n) is 10.6. The summed E-state index contributed by atoms with van der Waals surface area (Å²) in [6.45, 7) is 0. The molecule has 7 heteroatoms. The second kappa shape index (κ2) is 5.68. The molecule has 0 aliphatic rings. The van der Waals surface area contributed by atoms with Crippen LogP contribution in [0.25, 0.3) is 11.3 Å². The number of methoxy groups -OCH3 is 2. The van der Waals surface area contributed by atoms with Gasteiger partial charge in [-0.05, 0) is 30.3 Å². The van der Waals surface area contributed by atoms with Gasteiger partial charge in [0, 0.05) is 11.0 Å². The maximum Gasteiger partial charge on any atom is 0.494 e. The molecule has 98 valence electrons. The predicted octanol–water partition coefficient (Wildman–Crippen LogP) is -0.159. The molecule has 0 saturated heterocycles. The van der Waals surface area contributed by atoms with Crippen molar-refractivity contribution in [2.45, 2.75) is 0 Å².